The molecule has 2 fully saturated rings. The van der Waals surface area contributed by atoms with Crippen LogP contribution < -0.4 is 4.72 Å². The third kappa shape index (κ3) is 3.25. The molecule has 0 radical (unpaired) electrons. The van der Waals surface area contributed by atoms with E-state index in [0.29, 0.717) is 12.0 Å². The van der Waals surface area contributed by atoms with E-state index in [2.05, 4.69) is 47.1 Å². The van der Waals surface area contributed by atoms with Crippen LogP contribution in [0.4, 0.5) is 5.69 Å². The lowest BCUT2D eigenvalue weighted by Gasteiger charge is -2.26. The molecule has 1 saturated heterocycles. The molecular weight excluding hydrogens is 308 g/mol. The van der Waals surface area contributed by atoms with Crippen molar-refractivity contribution in [2.45, 2.75) is 18.8 Å². The molecule has 2 atom stereocenters. The van der Waals surface area contributed by atoms with Crippen molar-refractivity contribution >= 4 is 17.6 Å². The molecule has 1 aromatic rings. The fourth-order valence-electron chi connectivity index (χ4n) is 4.51. The number of hydrogen-bond acceptors (Lipinski definition) is 5. The maximum Gasteiger partial charge on any atom is 0.0698 e. The first-order valence-corrected chi connectivity index (χ1v) is 9.79. The molecule has 3 rings (SSSR count). The van der Waals surface area contributed by atoms with E-state index in [1.54, 1.807) is 11.9 Å². The van der Waals surface area contributed by atoms with E-state index in [4.69, 9.17) is 9.84 Å². The highest BCUT2D eigenvalue weighted by Crippen LogP contribution is 2.65. The predicted octanol–water partition coefficient (Wildman–Crippen LogP) is 2.59. The lowest BCUT2D eigenvalue weighted by molar-refractivity contribution is 0.0745. The average molecular weight is 337 g/mol. The largest absolute Gasteiger partial charge is 0.394 e. The first-order chi connectivity index (χ1) is 11.3. The van der Waals surface area contributed by atoms with Crippen LogP contribution in [0.5, 0.6) is 0 Å². The van der Waals surface area contributed by atoms with Crippen LogP contribution in [0.3, 0.4) is 0 Å². The van der Waals surface area contributed by atoms with Crippen molar-refractivity contribution in [1.82, 2.24) is 4.90 Å². The highest BCUT2D eigenvalue weighted by Gasteiger charge is 2.67. The first-order valence-electron chi connectivity index (χ1n) is 8.56. The molecule has 1 aromatic carbocycles. The third-order valence-corrected chi connectivity index (χ3v) is 6.04. The predicted molar refractivity (Wildman–Crippen MR) is 96.9 cm³/mol. The van der Waals surface area contributed by atoms with E-state index in [1.807, 2.05) is 0 Å². The second kappa shape index (κ2) is 7.43. The molecule has 0 amide bonds. The van der Waals surface area contributed by atoms with Crippen LogP contribution in [0, 0.1) is 11.8 Å². The number of nitrogens with one attached hydrogen (secondary N) is 1. The monoisotopic (exact) mass is 336 g/mol. The summed E-state index contributed by atoms with van der Waals surface area (Å²) < 4.78 is 8.75. The third-order valence-electron chi connectivity index (χ3n) is 5.60. The molecule has 1 saturated carbocycles. The number of piperidine rings is 1. The number of hydrogen-bond donors (Lipinski definition) is 2. The van der Waals surface area contributed by atoms with Crippen molar-refractivity contribution < 1.29 is 9.84 Å². The van der Waals surface area contributed by atoms with E-state index in [-0.39, 0.29) is 6.61 Å². The molecule has 2 aliphatic rings. The fraction of sp³-hybridized carbons (Fsp3) is 0.667. The summed E-state index contributed by atoms with van der Waals surface area (Å²) in [6, 6.07) is 8.97. The van der Waals surface area contributed by atoms with Gasteiger partial charge in [-0.05, 0) is 36.0 Å². The van der Waals surface area contributed by atoms with Crippen LogP contribution in [0.1, 0.15) is 18.9 Å². The van der Waals surface area contributed by atoms with Gasteiger partial charge in [0, 0.05) is 37.0 Å². The van der Waals surface area contributed by atoms with Crippen LogP contribution in [0.15, 0.2) is 24.3 Å². The molecular formula is C18H28N2O2S. The average Bonchev–Trinajstić information content (AvgIpc) is 2.96. The Morgan fingerprint density at radius 1 is 1.35 bits per heavy atom. The number of aliphatic hydroxyl groups is 1. The Kier molecular flexibility index (Phi) is 5.52. The van der Waals surface area contributed by atoms with Crippen LogP contribution in [-0.2, 0) is 10.2 Å². The van der Waals surface area contributed by atoms with E-state index in [9.17, 15) is 0 Å². The molecule has 2 unspecified atom stereocenters. The van der Waals surface area contributed by atoms with Crippen molar-refractivity contribution in [3.05, 3.63) is 29.8 Å². The van der Waals surface area contributed by atoms with Gasteiger partial charge in [-0.3, -0.25) is 0 Å². The van der Waals surface area contributed by atoms with Crippen LogP contribution in [0.25, 0.3) is 0 Å². The minimum Gasteiger partial charge on any atom is -0.394 e. The van der Waals surface area contributed by atoms with Crippen molar-refractivity contribution in [3.8, 4) is 0 Å². The Balaban J connectivity index is 1.60. The summed E-state index contributed by atoms with van der Waals surface area (Å²) in [5.74, 6) is 1.57. The van der Waals surface area contributed by atoms with Crippen molar-refractivity contribution in [2.75, 3.05) is 50.4 Å². The highest BCUT2D eigenvalue weighted by molar-refractivity contribution is 7.99. The quantitative estimate of drug-likeness (QED) is 0.536. The molecule has 23 heavy (non-hydrogen) atoms. The summed E-state index contributed by atoms with van der Waals surface area (Å²) in [6.07, 6.45) is 3.28. The standard InChI is InChI=1S/C18H28N2O2S/c1-3-18(14-5-4-6-15(11-14)19-23-2)16-12-20(13-17(16)18)7-9-22-10-8-21/h4-6,11,16-17,19,21H,3,7-10,12-13H2,1-2H3. The number of rotatable bonds is 9. The summed E-state index contributed by atoms with van der Waals surface area (Å²) in [7, 11) is 0. The smallest absolute Gasteiger partial charge is 0.0698 e. The Labute approximate surface area is 143 Å². The van der Waals surface area contributed by atoms with Gasteiger partial charge in [-0.2, -0.15) is 0 Å². The molecule has 2 N–H and O–H groups in total. The maximum absolute atomic E-state index is 8.75. The lowest BCUT2D eigenvalue weighted by atomic mass is 9.87. The second-order valence-corrected chi connectivity index (χ2v) is 7.20. The van der Waals surface area contributed by atoms with E-state index in [1.165, 1.54) is 30.8 Å². The van der Waals surface area contributed by atoms with Gasteiger partial charge in [0.2, 0.25) is 0 Å². The summed E-state index contributed by atoms with van der Waals surface area (Å²) in [6.45, 7) is 6.98. The zero-order valence-corrected chi connectivity index (χ0v) is 14.9. The SMILES string of the molecule is CCC1(c2cccc(NSC)c2)C2CN(CCOCCO)CC21. The van der Waals surface area contributed by atoms with Crippen LogP contribution in [0.2, 0.25) is 0 Å². The molecule has 0 bridgehead atoms. The van der Waals surface area contributed by atoms with Crippen molar-refractivity contribution in [1.29, 1.82) is 0 Å². The Bertz CT molecular complexity index is 513. The van der Waals surface area contributed by atoms with Crippen LogP contribution in [-0.4, -0.2) is 55.7 Å². The molecule has 1 aliphatic heterocycles. The highest BCUT2D eigenvalue weighted by atomic mass is 32.2. The minimum absolute atomic E-state index is 0.116. The van der Waals surface area contributed by atoms with Gasteiger partial charge >= 0.3 is 0 Å². The summed E-state index contributed by atoms with van der Waals surface area (Å²) in [5, 5.41) is 8.75. The van der Waals surface area contributed by atoms with E-state index >= 15 is 0 Å². The van der Waals surface area contributed by atoms with Crippen LogP contribution >= 0.6 is 11.9 Å². The summed E-state index contributed by atoms with van der Waals surface area (Å²) in [5.41, 5.74) is 3.10. The lowest BCUT2D eigenvalue weighted by Crippen LogP contribution is -2.32. The van der Waals surface area contributed by atoms with Gasteiger partial charge in [0.15, 0.2) is 0 Å². The number of ether oxygens (including phenoxy) is 1. The number of benzene rings is 1. The van der Waals surface area contributed by atoms with E-state index in [0.717, 1.165) is 25.0 Å². The number of anilines is 1. The fourth-order valence-corrected chi connectivity index (χ4v) is 4.87. The Morgan fingerprint density at radius 3 is 2.78 bits per heavy atom. The van der Waals surface area contributed by atoms with Gasteiger partial charge in [0.25, 0.3) is 0 Å². The summed E-state index contributed by atoms with van der Waals surface area (Å²) >= 11 is 1.65. The van der Waals surface area contributed by atoms with Gasteiger partial charge in [0.05, 0.1) is 19.8 Å². The van der Waals surface area contributed by atoms with Gasteiger partial charge in [-0.25, -0.2) is 0 Å². The number of aliphatic hydroxyl groups excluding tert-OH is 1. The second-order valence-electron chi connectivity index (χ2n) is 6.59. The minimum atomic E-state index is 0.116. The molecule has 1 heterocycles. The van der Waals surface area contributed by atoms with Crippen molar-refractivity contribution in [2.24, 2.45) is 11.8 Å². The van der Waals surface area contributed by atoms with Crippen molar-refractivity contribution in [3.63, 3.8) is 0 Å². The van der Waals surface area contributed by atoms with Gasteiger partial charge in [-0.1, -0.05) is 31.0 Å². The molecule has 1 aliphatic carbocycles. The number of nitrogens with zero attached hydrogens (tertiary/aromatic N) is 1. The molecule has 0 aromatic heterocycles. The topological polar surface area (TPSA) is 44.7 Å². The first kappa shape index (κ1) is 17.1. The van der Waals surface area contributed by atoms with Gasteiger partial charge < -0.3 is 19.5 Å². The molecule has 0 spiro atoms. The van der Waals surface area contributed by atoms with Gasteiger partial charge in [0.1, 0.15) is 0 Å². The summed E-state index contributed by atoms with van der Waals surface area (Å²) in [4.78, 5) is 2.52. The Hall–Kier alpha value is -0.750. The van der Waals surface area contributed by atoms with Gasteiger partial charge in [-0.15, -0.1) is 0 Å². The molecule has 128 valence electrons. The Morgan fingerprint density at radius 2 is 2.13 bits per heavy atom. The molecule has 4 nitrogen and oxygen atoms in total. The number of fused-ring (bicyclic) bond motifs is 1. The zero-order valence-electron chi connectivity index (χ0n) is 14.1. The van der Waals surface area contributed by atoms with E-state index < -0.39 is 0 Å². The maximum atomic E-state index is 8.75. The zero-order chi connectivity index (χ0) is 16.3. The normalized spacial score (nSPS) is 29.5. The number of likely N-dealkylation sites (tertiary alicyclic amines) is 1. The molecule has 5 heteroatoms.